The Balaban J connectivity index is 1.72. The lowest BCUT2D eigenvalue weighted by Gasteiger charge is -2.16. The number of hydrogen-bond donors (Lipinski definition) is 2. The molecule has 3 rings (SSSR count). The molecule has 0 saturated carbocycles. The second-order valence-electron chi connectivity index (χ2n) is 6.73. The van der Waals surface area contributed by atoms with Gasteiger partial charge in [-0.1, -0.05) is 29.8 Å². The molecule has 0 spiro atoms. The van der Waals surface area contributed by atoms with E-state index in [0.29, 0.717) is 6.42 Å². The number of aryl methyl sites for hydroxylation is 2. The maximum Gasteiger partial charge on any atom is 0.418 e. The van der Waals surface area contributed by atoms with Crippen molar-refractivity contribution in [1.82, 2.24) is 0 Å². The first-order valence-corrected chi connectivity index (χ1v) is 9.14. The molecule has 2 aromatic carbocycles. The standard InChI is InChI=1S/C22H19F3N2O3/c1-14-4-2-5-15(12-14)7-10-20(28)27-18-9-8-16(13-17(18)22(23,24)25)26-21(29)19-6-3-11-30-19/h2-6,8-9,11-13H,7,10H2,1H3,(H,26,29)(H,27,28). The Morgan fingerprint density at radius 3 is 2.47 bits per heavy atom. The third-order valence-electron chi connectivity index (χ3n) is 4.33. The third-order valence-corrected chi connectivity index (χ3v) is 4.33. The SMILES string of the molecule is Cc1cccc(CCC(=O)Nc2ccc(NC(=O)c3ccco3)cc2C(F)(F)F)c1. The first-order valence-electron chi connectivity index (χ1n) is 9.14. The van der Waals surface area contributed by atoms with Gasteiger partial charge in [-0.15, -0.1) is 0 Å². The number of rotatable bonds is 6. The largest absolute Gasteiger partial charge is 0.459 e. The lowest BCUT2D eigenvalue weighted by atomic mass is 10.1. The third kappa shape index (κ3) is 5.50. The number of carbonyl (C=O) groups is 2. The summed E-state index contributed by atoms with van der Waals surface area (Å²) in [5.41, 5.74) is 0.481. The van der Waals surface area contributed by atoms with Gasteiger partial charge in [0.05, 0.1) is 17.5 Å². The number of hydrogen-bond acceptors (Lipinski definition) is 3. The molecular weight excluding hydrogens is 397 g/mol. The van der Waals surface area contributed by atoms with Crippen LogP contribution in [0.5, 0.6) is 0 Å². The molecule has 1 heterocycles. The van der Waals surface area contributed by atoms with Crippen LogP contribution in [-0.4, -0.2) is 11.8 Å². The van der Waals surface area contributed by atoms with Gasteiger partial charge < -0.3 is 15.1 Å². The van der Waals surface area contributed by atoms with Gasteiger partial charge in [0.1, 0.15) is 0 Å². The van der Waals surface area contributed by atoms with Crippen molar-refractivity contribution >= 4 is 23.2 Å². The van der Waals surface area contributed by atoms with Crippen molar-refractivity contribution in [2.45, 2.75) is 25.9 Å². The number of benzene rings is 2. The summed E-state index contributed by atoms with van der Waals surface area (Å²) in [5.74, 6) is -1.24. The average Bonchev–Trinajstić information content (AvgIpc) is 3.22. The molecule has 1 aromatic heterocycles. The van der Waals surface area contributed by atoms with Crippen LogP contribution in [0.3, 0.4) is 0 Å². The summed E-state index contributed by atoms with van der Waals surface area (Å²) in [7, 11) is 0. The lowest BCUT2D eigenvalue weighted by molar-refractivity contribution is -0.136. The number of furan rings is 1. The molecule has 8 heteroatoms. The van der Waals surface area contributed by atoms with E-state index in [4.69, 9.17) is 4.42 Å². The zero-order valence-corrected chi connectivity index (χ0v) is 16.0. The lowest BCUT2D eigenvalue weighted by Crippen LogP contribution is -2.18. The minimum Gasteiger partial charge on any atom is -0.459 e. The summed E-state index contributed by atoms with van der Waals surface area (Å²) in [5, 5.41) is 4.66. The molecule has 0 radical (unpaired) electrons. The Morgan fingerprint density at radius 2 is 1.80 bits per heavy atom. The molecule has 0 aliphatic rings. The second-order valence-corrected chi connectivity index (χ2v) is 6.73. The van der Waals surface area contributed by atoms with E-state index in [9.17, 15) is 22.8 Å². The average molecular weight is 416 g/mol. The van der Waals surface area contributed by atoms with E-state index in [1.165, 1.54) is 24.5 Å². The molecule has 2 amide bonds. The van der Waals surface area contributed by atoms with Crippen molar-refractivity contribution in [1.29, 1.82) is 0 Å². The zero-order valence-electron chi connectivity index (χ0n) is 16.0. The Kier molecular flexibility index (Phi) is 6.25. The number of amides is 2. The highest BCUT2D eigenvalue weighted by Gasteiger charge is 2.34. The van der Waals surface area contributed by atoms with Crippen molar-refractivity contribution in [3.05, 3.63) is 83.3 Å². The van der Waals surface area contributed by atoms with Crippen LogP contribution < -0.4 is 10.6 Å². The van der Waals surface area contributed by atoms with Crippen LogP contribution in [0.25, 0.3) is 0 Å². The predicted molar refractivity (Wildman–Crippen MR) is 106 cm³/mol. The Hall–Kier alpha value is -3.55. The number of carbonyl (C=O) groups excluding carboxylic acids is 2. The summed E-state index contributed by atoms with van der Waals surface area (Å²) in [6.45, 7) is 1.92. The number of anilines is 2. The van der Waals surface area contributed by atoms with Gasteiger partial charge in [-0.2, -0.15) is 13.2 Å². The highest BCUT2D eigenvalue weighted by molar-refractivity contribution is 6.02. The second kappa shape index (κ2) is 8.86. The van der Waals surface area contributed by atoms with E-state index in [-0.39, 0.29) is 23.6 Å². The van der Waals surface area contributed by atoms with Crippen LogP contribution >= 0.6 is 0 Å². The van der Waals surface area contributed by atoms with Crippen molar-refractivity contribution in [3.8, 4) is 0 Å². The van der Waals surface area contributed by atoms with Crippen LogP contribution in [-0.2, 0) is 17.4 Å². The van der Waals surface area contributed by atoms with Gasteiger partial charge >= 0.3 is 6.18 Å². The van der Waals surface area contributed by atoms with E-state index in [2.05, 4.69) is 10.6 Å². The number of nitrogens with one attached hydrogen (secondary N) is 2. The van der Waals surface area contributed by atoms with E-state index >= 15 is 0 Å². The summed E-state index contributed by atoms with van der Waals surface area (Å²) in [4.78, 5) is 24.2. The van der Waals surface area contributed by atoms with Crippen molar-refractivity contribution in [2.24, 2.45) is 0 Å². The highest BCUT2D eigenvalue weighted by atomic mass is 19.4. The normalized spacial score (nSPS) is 11.2. The van der Waals surface area contributed by atoms with E-state index in [1.807, 2.05) is 31.2 Å². The van der Waals surface area contributed by atoms with Gasteiger partial charge in [-0.3, -0.25) is 9.59 Å². The molecule has 30 heavy (non-hydrogen) atoms. The fourth-order valence-electron chi connectivity index (χ4n) is 2.90. The van der Waals surface area contributed by atoms with Crippen LogP contribution in [0.2, 0.25) is 0 Å². The predicted octanol–water partition coefficient (Wildman–Crippen LogP) is 5.43. The first kappa shape index (κ1) is 21.2. The molecule has 0 fully saturated rings. The minimum atomic E-state index is -4.72. The van der Waals surface area contributed by atoms with Crippen LogP contribution in [0.15, 0.2) is 65.3 Å². The molecule has 0 bridgehead atoms. The Labute approximate surface area is 170 Å². The molecular formula is C22H19F3N2O3. The first-order chi connectivity index (χ1) is 14.2. The van der Waals surface area contributed by atoms with Gasteiger partial charge in [-0.05, 0) is 49.2 Å². The van der Waals surface area contributed by atoms with E-state index in [0.717, 1.165) is 23.3 Å². The highest BCUT2D eigenvalue weighted by Crippen LogP contribution is 2.36. The van der Waals surface area contributed by atoms with Crippen LogP contribution in [0, 0.1) is 6.92 Å². The van der Waals surface area contributed by atoms with Crippen molar-refractivity contribution < 1.29 is 27.2 Å². The summed E-state index contributed by atoms with van der Waals surface area (Å²) < 4.78 is 45.4. The van der Waals surface area contributed by atoms with Gasteiger partial charge in [0.15, 0.2) is 5.76 Å². The van der Waals surface area contributed by atoms with Crippen molar-refractivity contribution in [3.63, 3.8) is 0 Å². The van der Waals surface area contributed by atoms with Crippen LogP contribution in [0.4, 0.5) is 24.5 Å². The minimum absolute atomic E-state index is 0.0305. The molecule has 0 saturated heterocycles. The monoisotopic (exact) mass is 416 g/mol. The van der Waals surface area contributed by atoms with Gasteiger partial charge in [-0.25, -0.2) is 0 Å². The molecule has 5 nitrogen and oxygen atoms in total. The van der Waals surface area contributed by atoms with Gasteiger partial charge in [0.2, 0.25) is 5.91 Å². The zero-order chi connectivity index (χ0) is 21.7. The fraction of sp³-hybridized carbons (Fsp3) is 0.182. The van der Waals surface area contributed by atoms with Gasteiger partial charge in [0, 0.05) is 12.1 Å². The number of halogens is 3. The van der Waals surface area contributed by atoms with E-state index in [1.54, 1.807) is 0 Å². The van der Waals surface area contributed by atoms with Crippen LogP contribution in [0.1, 0.15) is 33.7 Å². The maximum atomic E-state index is 13.5. The van der Waals surface area contributed by atoms with Crippen molar-refractivity contribution in [2.75, 3.05) is 10.6 Å². The van der Waals surface area contributed by atoms with Gasteiger partial charge in [0.25, 0.3) is 5.91 Å². The summed E-state index contributed by atoms with van der Waals surface area (Å²) >= 11 is 0. The molecule has 0 aliphatic heterocycles. The quantitative estimate of drug-likeness (QED) is 0.563. The molecule has 0 aliphatic carbocycles. The molecule has 2 N–H and O–H groups in total. The summed E-state index contributed by atoms with van der Waals surface area (Å²) in [6.07, 6.45) is -2.99. The molecule has 0 atom stereocenters. The maximum absolute atomic E-state index is 13.5. The molecule has 156 valence electrons. The summed E-state index contributed by atoms with van der Waals surface area (Å²) in [6, 6.07) is 13.6. The number of alkyl halides is 3. The smallest absolute Gasteiger partial charge is 0.418 e. The molecule has 0 unspecified atom stereocenters. The molecule has 3 aromatic rings. The van der Waals surface area contributed by atoms with E-state index < -0.39 is 23.6 Å². The Morgan fingerprint density at radius 1 is 1.00 bits per heavy atom. The fourth-order valence-corrected chi connectivity index (χ4v) is 2.90. The topological polar surface area (TPSA) is 71.3 Å². The Bertz CT molecular complexity index is 1040.